The van der Waals surface area contributed by atoms with Crippen LogP contribution in [0.3, 0.4) is 0 Å². The van der Waals surface area contributed by atoms with Crippen LogP contribution in [-0.2, 0) is 26.2 Å². The fourth-order valence-electron chi connectivity index (χ4n) is 3.79. The number of sulfonamides is 1. The van der Waals surface area contributed by atoms with Crippen LogP contribution >= 0.6 is 23.2 Å². The van der Waals surface area contributed by atoms with Gasteiger partial charge in [0.2, 0.25) is 11.8 Å². The molecule has 0 bridgehead atoms. The van der Waals surface area contributed by atoms with Gasteiger partial charge in [-0.15, -0.1) is 0 Å². The van der Waals surface area contributed by atoms with Crippen LogP contribution in [0.1, 0.15) is 18.9 Å². The lowest BCUT2D eigenvalue weighted by atomic mass is 10.1. The van der Waals surface area contributed by atoms with Crippen LogP contribution in [0, 0.1) is 5.82 Å². The molecule has 0 saturated carbocycles. The van der Waals surface area contributed by atoms with Crippen LogP contribution in [-0.4, -0.2) is 44.8 Å². The molecule has 196 valence electrons. The van der Waals surface area contributed by atoms with Crippen molar-refractivity contribution in [2.45, 2.75) is 30.8 Å². The normalized spacial score (nSPS) is 12.0. The third-order valence-corrected chi connectivity index (χ3v) is 8.00. The molecule has 0 unspecified atom stereocenters. The number of hydrogen-bond acceptors (Lipinski definition) is 4. The predicted octanol–water partition coefficient (Wildman–Crippen LogP) is 4.88. The van der Waals surface area contributed by atoms with Gasteiger partial charge in [0.25, 0.3) is 10.0 Å². The molecule has 0 saturated heterocycles. The Morgan fingerprint density at radius 3 is 2.22 bits per heavy atom. The van der Waals surface area contributed by atoms with Gasteiger partial charge in [0.05, 0.1) is 15.6 Å². The molecule has 0 aromatic heterocycles. The molecular weight excluding hydrogens is 540 g/mol. The molecule has 1 N–H and O–H groups in total. The van der Waals surface area contributed by atoms with Gasteiger partial charge in [-0.3, -0.25) is 13.9 Å². The maximum Gasteiger partial charge on any atom is 0.264 e. The molecule has 11 heteroatoms. The number of nitrogens with zero attached hydrogens (tertiary/aromatic N) is 2. The summed E-state index contributed by atoms with van der Waals surface area (Å²) in [5.74, 6) is -1.51. The van der Waals surface area contributed by atoms with Crippen molar-refractivity contribution in [3.05, 3.63) is 94.2 Å². The van der Waals surface area contributed by atoms with Crippen molar-refractivity contribution in [3.8, 4) is 0 Å². The first-order chi connectivity index (χ1) is 17.6. The fourth-order valence-corrected chi connectivity index (χ4v) is 5.80. The molecule has 0 aliphatic carbocycles. The number of hydrogen-bond donors (Lipinski definition) is 1. The number of anilines is 1. The Morgan fingerprint density at radius 2 is 1.65 bits per heavy atom. The number of nitrogens with one attached hydrogen (secondary N) is 1. The van der Waals surface area contributed by atoms with Crippen molar-refractivity contribution in [2.75, 3.05) is 17.9 Å². The Kier molecular flexibility index (Phi) is 9.53. The third-order valence-electron chi connectivity index (χ3n) is 5.69. The Bertz CT molecular complexity index is 1360. The van der Waals surface area contributed by atoms with Crippen LogP contribution in [0.15, 0.2) is 77.7 Å². The third kappa shape index (κ3) is 6.80. The molecule has 7 nitrogen and oxygen atoms in total. The Balaban J connectivity index is 2.08. The summed E-state index contributed by atoms with van der Waals surface area (Å²) in [4.78, 5) is 27.7. The number of benzene rings is 3. The monoisotopic (exact) mass is 565 g/mol. The Morgan fingerprint density at radius 1 is 1.00 bits per heavy atom. The SMILES string of the molecule is CC[C@@H](C(=O)NC)N(Cc1ccc(F)cc1)C(=O)CN(c1ccc(Cl)cc1Cl)S(=O)(=O)c1ccccc1. The first-order valence-electron chi connectivity index (χ1n) is 11.4. The van der Waals surface area contributed by atoms with Gasteiger partial charge in [0, 0.05) is 18.6 Å². The van der Waals surface area contributed by atoms with Crippen LogP contribution in [0.4, 0.5) is 10.1 Å². The smallest absolute Gasteiger partial charge is 0.264 e. The van der Waals surface area contributed by atoms with E-state index in [2.05, 4.69) is 5.32 Å². The van der Waals surface area contributed by atoms with Gasteiger partial charge < -0.3 is 10.2 Å². The highest BCUT2D eigenvalue weighted by molar-refractivity contribution is 7.92. The lowest BCUT2D eigenvalue weighted by molar-refractivity contribution is -0.140. The minimum absolute atomic E-state index is 0.0308. The molecule has 3 aromatic rings. The summed E-state index contributed by atoms with van der Waals surface area (Å²) in [7, 11) is -2.80. The van der Waals surface area contributed by atoms with E-state index in [1.807, 2.05) is 0 Å². The van der Waals surface area contributed by atoms with Crippen LogP contribution in [0.2, 0.25) is 10.0 Å². The zero-order chi connectivity index (χ0) is 27.2. The summed E-state index contributed by atoms with van der Waals surface area (Å²) in [5, 5.41) is 2.87. The molecule has 0 aliphatic heterocycles. The van der Waals surface area contributed by atoms with Crippen molar-refractivity contribution in [1.29, 1.82) is 0 Å². The van der Waals surface area contributed by atoms with E-state index in [-0.39, 0.29) is 28.6 Å². The second-order valence-corrected chi connectivity index (χ2v) is 10.8. The zero-order valence-electron chi connectivity index (χ0n) is 20.2. The van der Waals surface area contributed by atoms with Gasteiger partial charge >= 0.3 is 0 Å². The molecule has 0 radical (unpaired) electrons. The van der Waals surface area contributed by atoms with Crippen LogP contribution in [0.25, 0.3) is 0 Å². The summed E-state index contributed by atoms with van der Waals surface area (Å²) in [6.07, 6.45) is 0.264. The summed E-state index contributed by atoms with van der Waals surface area (Å²) >= 11 is 12.4. The zero-order valence-corrected chi connectivity index (χ0v) is 22.5. The Hall–Kier alpha value is -3.14. The number of carbonyl (C=O) groups is 2. The number of halogens is 3. The molecule has 0 heterocycles. The van der Waals surface area contributed by atoms with Gasteiger partial charge in [0.1, 0.15) is 18.4 Å². The molecule has 0 fully saturated rings. The highest BCUT2D eigenvalue weighted by Crippen LogP contribution is 2.33. The van der Waals surface area contributed by atoms with Gasteiger partial charge in [-0.05, 0) is 54.4 Å². The summed E-state index contributed by atoms with van der Waals surface area (Å²) < 4.78 is 41.8. The summed E-state index contributed by atoms with van der Waals surface area (Å²) in [6, 6.07) is 16.5. The molecule has 1 atom stereocenters. The van der Waals surface area contributed by atoms with Crippen LogP contribution < -0.4 is 9.62 Å². The minimum atomic E-state index is -4.25. The summed E-state index contributed by atoms with van der Waals surface area (Å²) in [5.41, 5.74) is 0.622. The Labute approximate surface area is 225 Å². The van der Waals surface area contributed by atoms with Gasteiger partial charge in [-0.1, -0.05) is 60.5 Å². The average Bonchev–Trinajstić information content (AvgIpc) is 2.88. The minimum Gasteiger partial charge on any atom is -0.357 e. The lowest BCUT2D eigenvalue weighted by Crippen LogP contribution is -2.51. The van der Waals surface area contributed by atoms with Crippen molar-refractivity contribution < 1.29 is 22.4 Å². The van der Waals surface area contributed by atoms with E-state index in [1.165, 1.54) is 66.5 Å². The topological polar surface area (TPSA) is 86.8 Å². The molecule has 3 aromatic carbocycles. The molecule has 3 rings (SSSR count). The molecule has 0 aliphatic rings. The van der Waals surface area contributed by atoms with E-state index in [0.717, 1.165) is 4.31 Å². The number of rotatable bonds is 10. The maximum absolute atomic E-state index is 13.8. The molecule has 0 spiro atoms. The van der Waals surface area contributed by atoms with E-state index in [9.17, 15) is 22.4 Å². The van der Waals surface area contributed by atoms with E-state index in [1.54, 1.807) is 25.1 Å². The maximum atomic E-state index is 13.8. The second-order valence-electron chi connectivity index (χ2n) is 8.11. The number of carbonyl (C=O) groups excluding carboxylic acids is 2. The van der Waals surface area contributed by atoms with E-state index in [4.69, 9.17) is 23.2 Å². The van der Waals surface area contributed by atoms with Crippen molar-refractivity contribution in [2.24, 2.45) is 0 Å². The largest absolute Gasteiger partial charge is 0.357 e. The first-order valence-corrected chi connectivity index (χ1v) is 13.6. The van der Waals surface area contributed by atoms with E-state index >= 15 is 0 Å². The van der Waals surface area contributed by atoms with Crippen molar-refractivity contribution in [1.82, 2.24) is 10.2 Å². The second kappa shape index (κ2) is 12.4. The molecule has 2 amide bonds. The van der Waals surface area contributed by atoms with Gasteiger partial charge in [-0.2, -0.15) is 0 Å². The number of amides is 2. The molecule has 37 heavy (non-hydrogen) atoms. The van der Waals surface area contributed by atoms with Gasteiger partial charge in [0.15, 0.2) is 0 Å². The fraction of sp³-hybridized carbons (Fsp3) is 0.231. The molecular formula is C26H26Cl2FN3O4S. The first kappa shape index (κ1) is 28.4. The highest BCUT2D eigenvalue weighted by Gasteiger charge is 2.34. The summed E-state index contributed by atoms with van der Waals surface area (Å²) in [6.45, 7) is 1.05. The standard InChI is InChI=1S/C26H26Cl2FN3O4S/c1-3-23(26(34)30-2)31(16-18-9-12-20(29)13-10-18)25(33)17-32(24-14-11-19(27)15-22(24)28)37(35,36)21-7-5-4-6-8-21/h4-15,23H,3,16-17H2,1-2H3,(H,30,34)/t23-/m0/s1. The van der Waals surface area contributed by atoms with E-state index in [0.29, 0.717) is 10.6 Å². The number of likely N-dealkylation sites (N-methyl/N-ethyl adjacent to an activating group) is 1. The van der Waals surface area contributed by atoms with Crippen LogP contribution in [0.5, 0.6) is 0 Å². The van der Waals surface area contributed by atoms with E-state index < -0.39 is 40.2 Å². The van der Waals surface area contributed by atoms with Gasteiger partial charge in [-0.25, -0.2) is 12.8 Å². The quantitative estimate of drug-likeness (QED) is 0.379. The van der Waals surface area contributed by atoms with Crippen molar-refractivity contribution >= 4 is 50.7 Å². The van der Waals surface area contributed by atoms with Crippen molar-refractivity contribution in [3.63, 3.8) is 0 Å². The predicted molar refractivity (Wildman–Crippen MR) is 143 cm³/mol. The average molecular weight is 566 g/mol. The highest BCUT2D eigenvalue weighted by atomic mass is 35.5. The lowest BCUT2D eigenvalue weighted by Gasteiger charge is -2.33.